The van der Waals surface area contributed by atoms with Gasteiger partial charge in [0.25, 0.3) is 0 Å². The molecule has 0 bridgehead atoms. The number of aromatic nitrogens is 3. The second kappa shape index (κ2) is 10.8. The number of ether oxygens (including phenoxy) is 2. The number of rotatable bonds is 10. The average molecular weight is 476 g/mol. The van der Waals surface area contributed by atoms with Gasteiger partial charge < -0.3 is 14.0 Å². The standard InChI is InChI=1S/C24H28F3N5O2/c1-16(2)32(9-11-33-4)8-5-10-34-22-7-6-17(12-18(22)24(25,26)27)19-13-21-23(20(14-28)30-19)29-15-31(21)3/h6-7,12-13,15-16H,5,8-11H2,1-4H3. The van der Waals surface area contributed by atoms with Crippen LogP contribution in [0.15, 0.2) is 30.6 Å². The molecule has 182 valence electrons. The largest absolute Gasteiger partial charge is 0.493 e. The van der Waals surface area contributed by atoms with Gasteiger partial charge in [0.15, 0.2) is 5.69 Å². The molecule has 34 heavy (non-hydrogen) atoms. The molecule has 0 saturated carbocycles. The molecule has 3 aromatic rings. The summed E-state index contributed by atoms with van der Waals surface area (Å²) in [6, 6.07) is 7.73. The van der Waals surface area contributed by atoms with Crippen molar-refractivity contribution in [1.29, 1.82) is 5.26 Å². The second-order valence-corrected chi connectivity index (χ2v) is 8.22. The lowest BCUT2D eigenvalue weighted by Crippen LogP contribution is -2.35. The Kier molecular flexibility index (Phi) is 8.12. The van der Waals surface area contributed by atoms with Crippen molar-refractivity contribution in [1.82, 2.24) is 19.4 Å². The zero-order valence-electron chi connectivity index (χ0n) is 19.7. The van der Waals surface area contributed by atoms with E-state index in [1.165, 1.54) is 18.5 Å². The third kappa shape index (κ3) is 5.85. The van der Waals surface area contributed by atoms with E-state index >= 15 is 0 Å². The number of benzene rings is 1. The van der Waals surface area contributed by atoms with E-state index in [1.54, 1.807) is 24.8 Å². The summed E-state index contributed by atoms with van der Waals surface area (Å²) in [7, 11) is 3.38. The number of alkyl halides is 3. The van der Waals surface area contributed by atoms with E-state index < -0.39 is 11.7 Å². The van der Waals surface area contributed by atoms with Crippen molar-refractivity contribution in [2.75, 3.05) is 33.4 Å². The molecule has 2 heterocycles. The molecule has 0 fully saturated rings. The molecule has 2 aromatic heterocycles. The van der Waals surface area contributed by atoms with Crippen LogP contribution in [0.4, 0.5) is 13.2 Å². The average Bonchev–Trinajstić information content (AvgIpc) is 3.17. The van der Waals surface area contributed by atoms with Crippen LogP contribution in [0, 0.1) is 11.3 Å². The Morgan fingerprint density at radius 3 is 2.59 bits per heavy atom. The molecule has 0 spiro atoms. The summed E-state index contributed by atoms with van der Waals surface area (Å²) in [6.45, 7) is 6.29. The number of nitriles is 1. The fourth-order valence-corrected chi connectivity index (χ4v) is 3.68. The van der Waals surface area contributed by atoms with Gasteiger partial charge >= 0.3 is 6.18 Å². The van der Waals surface area contributed by atoms with Crippen LogP contribution in [0.2, 0.25) is 0 Å². The van der Waals surface area contributed by atoms with Gasteiger partial charge in [-0.3, -0.25) is 4.90 Å². The predicted molar refractivity (Wildman–Crippen MR) is 122 cm³/mol. The number of pyridine rings is 1. The molecule has 7 nitrogen and oxygen atoms in total. The van der Waals surface area contributed by atoms with Crippen molar-refractivity contribution in [2.45, 2.75) is 32.5 Å². The number of nitrogens with zero attached hydrogens (tertiary/aromatic N) is 5. The monoisotopic (exact) mass is 475 g/mol. The zero-order chi connectivity index (χ0) is 24.9. The van der Waals surface area contributed by atoms with Crippen molar-refractivity contribution in [3.8, 4) is 23.1 Å². The maximum Gasteiger partial charge on any atom is 0.419 e. The van der Waals surface area contributed by atoms with Crippen LogP contribution in [-0.4, -0.2) is 58.9 Å². The van der Waals surface area contributed by atoms with E-state index in [0.717, 1.165) is 12.6 Å². The summed E-state index contributed by atoms with van der Waals surface area (Å²) >= 11 is 0. The molecule has 0 unspecified atom stereocenters. The molecule has 3 rings (SSSR count). The number of hydrogen-bond acceptors (Lipinski definition) is 6. The minimum Gasteiger partial charge on any atom is -0.493 e. The first-order chi connectivity index (χ1) is 16.2. The fraction of sp³-hybridized carbons (Fsp3) is 0.458. The Labute approximate surface area is 196 Å². The Hall–Kier alpha value is -3.16. The first kappa shape index (κ1) is 25.5. The highest BCUT2D eigenvalue weighted by Crippen LogP contribution is 2.39. The lowest BCUT2D eigenvalue weighted by atomic mass is 10.1. The van der Waals surface area contributed by atoms with Crippen molar-refractivity contribution >= 4 is 11.0 Å². The Bertz CT molecular complexity index is 1170. The summed E-state index contributed by atoms with van der Waals surface area (Å²) < 4.78 is 53.9. The Balaban J connectivity index is 1.82. The molecule has 0 aliphatic heterocycles. The van der Waals surface area contributed by atoms with Crippen molar-refractivity contribution < 1.29 is 22.6 Å². The molecule has 10 heteroatoms. The molecular weight excluding hydrogens is 447 g/mol. The normalized spacial score (nSPS) is 12.0. The molecule has 0 N–H and O–H groups in total. The van der Waals surface area contributed by atoms with Crippen LogP contribution < -0.4 is 4.74 Å². The van der Waals surface area contributed by atoms with Crippen LogP contribution in [-0.2, 0) is 18.0 Å². The molecule has 0 aliphatic carbocycles. The molecular formula is C24H28F3N5O2. The van der Waals surface area contributed by atoms with Gasteiger partial charge in [0, 0.05) is 38.9 Å². The van der Waals surface area contributed by atoms with Gasteiger partial charge in [-0.25, -0.2) is 9.97 Å². The minimum atomic E-state index is -4.61. The van der Waals surface area contributed by atoms with Crippen molar-refractivity contribution in [2.24, 2.45) is 7.05 Å². The van der Waals surface area contributed by atoms with E-state index in [4.69, 9.17) is 9.47 Å². The van der Waals surface area contributed by atoms with Gasteiger partial charge in [-0.15, -0.1) is 0 Å². The molecule has 0 amide bonds. The van der Waals surface area contributed by atoms with E-state index in [-0.39, 0.29) is 29.3 Å². The van der Waals surface area contributed by atoms with Crippen LogP contribution >= 0.6 is 0 Å². The van der Waals surface area contributed by atoms with Gasteiger partial charge in [0.05, 0.1) is 36.3 Å². The first-order valence-electron chi connectivity index (χ1n) is 10.9. The maximum absolute atomic E-state index is 13.9. The molecule has 0 radical (unpaired) electrons. The smallest absolute Gasteiger partial charge is 0.419 e. The number of methoxy groups -OCH3 is 1. The number of halogens is 3. The van der Waals surface area contributed by atoms with Gasteiger partial charge in [-0.2, -0.15) is 18.4 Å². The predicted octanol–water partition coefficient (Wildman–Crippen LogP) is 4.65. The van der Waals surface area contributed by atoms with E-state index in [1.807, 2.05) is 6.07 Å². The van der Waals surface area contributed by atoms with E-state index in [0.29, 0.717) is 36.6 Å². The van der Waals surface area contributed by atoms with Gasteiger partial charge in [-0.05, 0) is 44.5 Å². The Morgan fingerprint density at radius 2 is 1.94 bits per heavy atom. The highest BCUT2D eigenvalue weighted by molar-refractivity contribution is 5.84. The lowest BCUT2D eigenvalue weighted by molar-refractivity contribution is -0.138. The van der Waals surface area contributed by atoms with E-state index in [2.05, 4.69) is 28.7 Å². The number of aryl methyl sites for hydroxylation is 1. The Morgan fingerprint density at radius 1 is 1.18 bits per heavy atom. The highest BCUT2D eigenvalue weighted by Gasteiger charge is 2.35. The topological polar surface area (TPSA) is 76.2 Å². The fourth-order valence-electron chi connectivity index (χ4n) is 3.68. The summed E-state index contributed by atoms with van der Waals surface area (Å²) in [5.41, 5.74) is 0.699. The zero-order valence-corrected chi connectivity index (χ0v) is 19.7. The molecule has 0 aliphatic rings. The van der Waals surface area contributed by atoms with Crippen molar-refractivity contribution in [3.63, 3.8) is 0 Å². The van der Waals surface area contributed by atoms with Crippen LogP contribution in [0.3, 0.4) is 0 Å². The molecule has 0 atom stereocenters. The van der Waals surface area contributed by atoms with Crippen LogP contribution in [0.1, 0.15) is 31.5 Å². The van der Waals surface area contributed by atoms with Gasteiger partial charge in [0.1, 0.15) is 17.3 Å². The summed E-state index contributed by atoms with van der Waals surface area (Å²) in [5.74, 6) is -0.230. The number of imidazole rings is 1. The highest BCUT2D eigenvalue weighted by atomic mass is 19.4. The number of hydrogen-bond donors (Lipinski definition) is 0. The van der Waals surface area contributed by atoms with Gasteiger partial charge in [-0.1, -0.05) is 0 Å². The third-order valence-electron chi connectivity index (χ3n) is 5.56. The lowest BCUT2D eigenvalue weighted by Gasteiger charge is -2.26. The quantitative estimate of drug-likeness (QED) is 0.397. The van der Waals surface area contributed by atoms with Crippen molar-refractivity contribution in [3.05, 3.63) is 41.9 Å². The first-order valence-corrected chi connectivity index (χ1v) is 10.9. The summed E-state index contributed by atoms with van der Waals surface area (Å²) in [4.78, 5) is 10.6. The summed E-state index contributed by atoms with van der Waals surface area (Å²) in [6.07, 6.45) is -2.50. The molecule has 0 saturated heterocycles. The molecule has 1 aromatic carbocycles. The minimum absolute atomic E-state index is 0.0603. The SMILES string of the molecule is COCCN(CCCOc1ccc(-c2cc3c(ncn3C)c(C#N)n2)cc1C(F)(F)F)C(C)C. The van der Waals surface area contributed by atoms with Gasteiger partial charge in [0.2, 0.25) is 0 Å². The second-order valence-electron chi connectivity index (χ2n) is 8.22. The van der Waals surface area contributed by atoms with E-state index in [9.17, 15) is 18.4 Å². The summed E-state index contributed by atoms with van der Waals surface area (Å²) in [5, 5.41) is 9.41. The third-order valence-corrected chi connectivity index (χ3v) is 5.56. The maximum atomic E-state index is 13.9. The van der Waals surface area contributed by atoms with Crippen LogP contribution in [0.5, 0.6) is 5.75 Å². The van der Waals surface area contributed by atoms with Crippen LogP contribution in [0.25, 0.3) is 22.3 Å². The number of fused-ring (bicyclic) bond motifs is 1.